The minimum Gasteiger partial charge on any atom is -0.457 e. The van der Waals surface area contributed by atoms with Crippen molar-refractivity contribution in [2.45, 2.75) is 12.9 Å². The van der Waals surface area contributed by atoms with E-state index in [-0.39, 0.29) is 17.2 Å². The van der Waals surface area contributed by atoms with Crippen LogP contribution in [-0.2, 0) is 11.3 Å². The van der Waals surface area contributed by atoms with Crippen LogP contribution in [0.25, 0.3) is 17.4 Å². The molecule has 11 heteroatoms. The molecule has 0 unspecified atom stereocenters. The quantitative estimate of drug-likeness (QED) is 0.333. The summed E-state index contributed by atoms with van der Waals surface area (Å²) >= 11 is 13.0. The second-order valence-electron chi connectivity index (χ2n) is 6.74. The van der Waals surface area contributed by atoms with Crippen LogP contribution in [0.3, 0.4) is 0 Å². The van der Waals surface area contributed by atoms with Crippen LogP contribution in [0, 0.1) is 0 Å². The molecule has 0 atom stereocenters. The SMILES string of the molecule is O=C1S/C(=C\c2ccc(-c3ccc(OC(F)(F)F)cc3)o2)C(=O)N1Cc1c(Cl)cccc1Cl. The molecular formula is C22H12Cl2F3NO4S. The van der Waals surface area contributed by atoms with Gasteiger partial charge in [-0.15, -0.1) is 13.2 Å². The Hall–Kier alpha value is -2.88. The fraction of sp³-hybridized carbons (Fsp3) is 0.0909. The molecule has 1 aliphatic rings. The van der Waals surface area contributed by atoms with Crippen LogP contribution in [0.4, 0.5) is 18.0 Å². The molecule has 0 spiro atoms. The predicted molar refractivity (Wildman–Crippen MR) is 119 cm³/mol. The summed E-state index contributed by atoms with van der Waals surface area (Å²) < 4.78 is 46.4. The van der Waals surface area contributed by atoms with Crippen molar-refractivity contribution in [3.05, 3.63) is 80.9 Å². The monoisotopic (exact) mass is 513 g/mol. The minimum atomic E-state index is -4.78. The van der Waals surface area contributed by atoms with Crippen molar-refractivity contribution < 1.29 is 31.9 Å². The standard InChI is InChI=1S/C22H12Cl2F3NO4S/c23-16-2-1-3-17(24)15(16)11-28-20(29)19(33-21(28)30)10-14-8-9-18(31-14)12-4-6-13(7-5-12)32-22(25,26)27/h1-10H,11H2/b19-10-. The van der Waals surface area contributed by atoms with Crippen molar-refractivity contribution in [2.24, 2.45) is 0 Å². The lowest BCUT2D eigenvalue weighted by Crippen LogP contribution is -2.27. The summed E-state index contributed by atoms with van der Waals surface area (Å²) in [5, 5.41) is 0.204. The zero-order valence-corrected chi connectivity index (χ0v) is 18.7. The molecule has 5 nitrogen and oxygen atoms in total. The number of rotatable bonds is 5. The summed E-state index contributed by atoms with van der Waals surface area (Å²) in [6.45, 7) is -0.0732. The average molecular weight is 514 g/mol. The second-order valence-corrected chi connectivity index (χ2v) is 8.55. The number of carbonyl (C=O) groups excluding carboxylic acids is 2. The van der Waals surface area contributed by atoms with Crippen molar-refractivity contribution >= 4 is 52.2 Å². The van der Waals surface area contributed by atoms with Gasteiger partial charge >= 0.3 is 6.36 Å². The van der Waals surface area contributed by atoms with Crippen LogP contribution in [0.5, 0.6) is 5.75 Å². The highest BCUT2D eigenvalue weighted by Gasteiger charge is 2.36. The number of hydrogen-bond acceptors (Lipinski definition) is 5. The molecule has 2 amide bonds. The Labute approximate surface area is 199 Å². The van der Waals surface area contributed by atoms with Crippen molar-refractivity contribution in [3.8, 4) is 17.1 Å². The van der Waals surface area contributed by atoms with Crippen molar-refractivity contribution in [2.75, 3.05) is 0 Å². The molecule has 0 radical (unpaired) electrons. The summed E-state index contributed by atoms with van der Waals surface area (Å²) in [4.78, 5) is 26.3. The van der Waals surface area contributed by atoms with Gasteiger partial charge in [-0.25, -0.2) is 0 Å². The van der Waals surface area contributed by atoms with Crippen LogP contribution < -0.4 is 4.74 Å². The number of alkyl halides is 3. The molecular weight excluding hydrogens is 502 g/mol. The van der Waals surface area contributed by atoms with Gasteiger partial charge in [0.1, 0.15) is 17.3 Å². The van der Waals surface area contributed by atoms with Crippen molar-refractivity contribution in [1.29, 1.82) is 0 Å². The number of furan rings is 1. The molecule has 0 aliphatic carbocycles. The predicted octanol–water partition coefficient (Wildman–Crippen LogP) is 7.39. The maximum Gasteiger partial charge on any atom is 0.573 e. The number of amides is 2. The molecule has 4 rings (SSSR count). The van der Waals surface area contributed by atoms with E-state index in [0.717, 1.165) is 28.8 Å². The largest absolute Gasteiger partial charge is 0.573 e. The topological polar surface area (TPSA) is 59.8 Å². The van der Waals surface area contributed by atoms with Crippen LogP contribution in [-0.4, -0.2) is 22.4 Å². The van der Waals surface area contributed by atoms with E-state index in [0.29, 0.717) is 32.7 Å². The van der Waals surface area contributed by atoms with E-state index in [1.807, 2.05) is 0 Å². The first kappa shape index (κ1) is 23.3. The van der Waals surface area contributed by atoms with Gasteiger partial charge in [0.05, 0.1) is 11.4 Å². The van der Waals surface area contributed by atoms with Crippen LogP contribution in [0.15, 0.2) is 63.9 Å². The Balaban J connectivity index is 1.50. The van der Waals surface area contributed by atoms with Crippen molar-refractivity contribution in [3.63, 3.8) is 0 Å². The van der Waals surface area contributed by atoms with E-state index < -0.39 is 17.5 Å². The first-order valence-corrected chi connectivity index (χ1v) is 10.8. The van der Waals surface area contributed by atoms with E-state index in [9.17, 15) is 22.8 Å². The molecule has 1 saturated heterocycles. The third kappa shape index (κ3) is 5.38. The zero-order valence-electron chi connectivity index (χ0n) is 16.4. The van der Waals surface area contributed by atoms with E-state index in [2.05, 4.69) is 4.74 Å². The van der Waals surface area contributed by atoms with Gasteiger partial charge in [-0.2, -0.15) is 0 Å². The molecule has 1 aromatic heterocycles. The summed E-state index contributed by atoms with van der Waals surface area (Å²) in [5.74, 6) is -0.221. The third-order valence-electron chi connectivity index (χ3n) is 4.52. The normalized spacial score (nSPS) is 15.5. The molecule has 2 aromatic carbocycles. The van der Waals surface area contributed by atoms with Gasteiger partial charge in [0, 0.05) is 27.2 Å². The summed E-state index contributed by atoms with van der Waals surface area (Å²) in [7, 11) is 0. The average Bonchev–Trinajstić information content (AvgIpc) is 3.30. The number of carbonyl (C=O) groups is 2. The van der Waals surface area contributed by atoms with Crippen LogP contribution in [0.2, 0.25) is 10.0 Å². The number of thioether (sulfide) groups is 1. The second kappa shape index (κ2) is 9.17. The minimum absolute atomic E-state index is 0.0732. The van der Waals surface area contributed by atoms with E-state index in [4.69, 9.17) is 27.6 Å². The Kier molecular flexibility index (Phi) is 6.47. The maximum atomic E-state index is 12.8. The highest BCUT2D eigenvalue weighted by atomic mass is 35.5. The Morgan fingerprint density at radius 3 is 2.30 bits per heavy atom. The van der Waals surface area contributed by atoms with Gasteiger partial charge in [-0.3, -0.25) is 14.5 Å². The van der Waals surface area contributed by atoms with E-state index >= 15 is 0 Å². The number of halogens is 5. The van der Waals surface area contributed by atoms with E-state index in [1.54, 1.807) is 30.3 Å². The molecule has 3 aromatic rings. The first-order chi connectivity index (χ1) is 15.6. The zero-order chi connectivity index (χ0) is 23.8. The molecule has 0 bridgehead atoms. The van der Waals surface area contributed by atoms with Gasteiger partial charge in [0.2, 0.25) is 0 Å². The van der Waals surface area contributed by atoms with Crippen molar-refractivity contribution in [1.82, 2.24) is 4.90 Å². The molecule has 0 N–H and O–H groups in total. The molecule has 1 fully saturated rings. The lowest BCUT2D eigenvalue weighted by Gasteiger charge is -2.14. The van der Waals surface area contributed by atoms with Gasteiger partial charge in [0.25, 0.3) is 11.1 Å². The highest BCUT2D eigenvalue weighted by molar-refractivity contribution is 8.18. The third-order valence-corrected chi connectivity index (χ3v) is 6.14. The fourth-order valence-electron chi connectivity index (χ4n) is 3.01. The molecule has 2 heterocycles. The number of imide groups is 1. The first-order valence-electron chi connectivity index (χ1n) is 9.25. The van der Waals surface area contributed by atoms with Gasteiger partial charge in [0.15, 0.2) is 0 Å². The highest BCUT2D eigenvalue weighted by Crippen LogP contribution is 2.36. The Morgan fingerprint density at radius 1 is 1.00 bits per heavy atom. The Bertz CT molecular complexity index is 1240. The molecule has 1 aliphatic heterocycles. The molecule has 33 heavy (non-hydrogen) atoms. The summed E-state index contributed by atoms with van der Waals surface area (Å²) in [6, 6.07) is 13.2. The number of nitrogens with zero attached hydrogens (tertiary/aromatic N) is 1. The summed E-state index contributed by atoms with van der Waals surface area (Å²) in [5.41, 5.74) is 0.966. The number of hydrogen-bond donors (Lipinski definition) is 0. The lowest BCUT2D eigenvalue weighted by atomic mass is 10.2. The van der Waals surface area contributed by atoms with Gasteiger partial charge in [-0.1, -0.05) is 29.3 Å². The Morgan fingerprint density at radius 2 is 1.67 bits per heavy atom. The smallest absolute Gasteiger partial charge is 0.457 e. The van der Waals surface area contributed by atoms with Gasteiger partial charge < -0.3 is 9.15 Å². The maximum absolute atomic E-state index is 12.8. The lowest BCUT2D eigenvalue weighted by molar-refractivity contribution is -0.274. The van der Waals surface area contributed by atoms with Gasteiger partial charge in [-0.05, 0) is 60.3 Å². The fourth-order valence-corrected chi connectivity index (χ4v) is 4.35. The number of benzene rings is 2. The summed E-state index contributed by atoms with van der Waals surface area (Å²) in [6.07, 6.45) is -3.36. The van der Waals surface area contributed by atoms with E-state index in [1.165, 1.54) is 18.2 Å². The number of ether oxygens (including phenoxy) is 1. The van der Waals surface area contributed by atoms with Crippen LogP contribution >= 0.6 is 35.0 Å². The molecule has 170 valence electrons. The van der Waals surface area contributed by atoms with Crippen LogP contribution in [0.1, 0.15) is 11.3 Å². The molecule has 0 saturated carbocycles.